The van der Waals surface area contributed by atoms with Crippen LogP contribution in [0.1, 0.15) is 11.1 Å². The van der Waals surface area contributed by atoms with Gasteiger partial charge in [-0.05, 0) is 53.2 Å². The molecule has 10 heteroatoms. The highest BCUT2D eigenvalue weighted by Gasteiger charge is 2.34. The van der Waals surface area contributed by atoms with E-state index in [4.69, 9.17) is 15.9 Å². The van der Waals surface area contributed by atoms with Gasteiger partial charge in [0.05, 0.1) is 23.5 Å². The molecule has 0 unspecified atom stereocenters. The second-order valence-electron chi connectivity index (χ2n) is 6.21. The topological polar surface area (TPSA) is 99.0 Å². The van der Waals surface area contributed by atoms with Gasteiger partial charge in [0, 0.05) is 16.6 Å². The standard InChI is InChI=1S/C21H15BrN2O6S/c1-3-8-23-20(25)19(31-21(23)26)10-14-9-17(29-2)18(11-16(14)22)30-12-13-4-6-15(7-5-13)24(27)28/h1,4-7,9-11H,8,12H2,2H3/b19-10+. The molecule has 0 bridgehead atoms. The Balaban J connectivity index is 1.80. The van der Waals surface area contributed by atoms with Crippen molar-refractivity contribution in [2.24, 2.45) is 0 Å². The number of ether oxygens (including phenoxy) is 2. The van der Waals surface area contributed by atoms with Crippen LogP contribution in [0, 0.1) is 22.5 Å². The van der Waals surface area contributed by atoms with Crippen molar-refractivity contribution >= 4 is 50.6 Å². The van der Waals surface area contributed by atoms with Crippen molar-refractivity contribution in [3.05, 3.63) is 67.0 Å². The van der Waals surface area contributed by atoms with E-state index in [0.717, 1.165) is 22.2 Å². The monoisotopic (exact) mass is 502 g/mol. The number of hydrogen-bond acceptors (Lipinski definition) is 7. The normalized spacial score (nSPS) is 14.6. The van der Waals surface area contributed by atoms with Crippen molar-refractivity contribution in [3.8, 4) is 23.8 Å². The lowest BCUT2D eigenvalue weighted by Gasteiger charge is -2.13. The molecule has 1 saturated heterocycles. The highest BCUT2D eigenvalue weighted by Crippen LogP contribution is 2.38. The number of methoxy groups -OCH3 is 1. The summed E-state index contributed by atoms with van der Waals surface area (Å²) in [5.41, 5.74) is 1.36. The van der Waals surface area contributed by atoms with E-state index in [-0.39, 0.29) is 23.7 Å². The summed E-state index contributed by atoms with van der Waals surface area (Å²) in [5, 5.41) is 10.3. The van der Waals surface area contributed by atoms with Crippen molar-refractivity contribution in [2.75, 3.05) is 13.7 Å². The molecule has 1 aliphatic rings. The van der Waals surface area contributed by atoms with Crippen LogP contribution in [0.5, 0.6) is 11.5 Å². The molecule has 0 N–H and O–H groups in total. The third kappa shape index (κ3) is 5.07. The van der Waals surface area contributed by atoms with Gasteiger partial charge in [-0.15, -0.1) is 6.42 Å². The molecule has 0 radical (unpaired) electrons. The Morgan fingerprint density at radius 1 is 1.26 bits per heavy atom. The number of carbonyl (C=O) groups excluding carboxylic acids is 2. The third-order valence-corrected chi connectivity index (χ3v) is 5.83. The fraction of sp³-hybridized carbons (Fsp3) is 0.143. The summed E-state index contributed by atoms with van der Waals surface area (Å²) >= 11 is 4.26. The lowest BCUT2D eigenvalue weighted by Crippen LogP contribution is -2.28. The Hall–Kier alpha value is -3.29. The first-order valence-corrected chi connectivity index (χ1v) is 10.4. The Labute approximate surface area is 190 Å². The summed E-state index contributed by atoms with van der Waals surface area (Å²) in [6, 6.07) is 9.39. The largest absolute Gasteiger partial charge is 0.493 e. The number of thioether (sulfide) groups is 1. The molecular formula is C21H15BrN2O6S. The highest BCUT2D eigenvalue weighted by molar-refractivity contribution is 9.10. The maximum Gasteiger partial charge on any atom is 0.294 e. The van der Waals surface area contributed by atoms with Gasteiger partial charge >= 0.3 is 0 Å². The SMILES string of the molecule is C#CCN1C(=O)S/C(=C/c2cc(OC)c(OCc3ccc([N+](=O)[O-])cc3)cc2Br)C1=O. The number of nitrogens with zero attached hydrogens (tertiary/aromatic N) is 2. The zero-order valence-electron chi connectivity index (χ0n) is 16.2. The van der Waals surface area contributed by atoms with E-state index in [1.165, 1.54) is 19.2 Å². The van der Waals surface area contributed by atoms with E-state index in [1.807, 2.05) is 0 Å². The first-order chi connectivity index (χ1) is 14.8. The molecule has 0 aromatic heterocycles. The number of halogens is 1. The number of non-ortho nitro benzene ring substituents is 1. The molecule has 0 atom stereocenters. The van der Waals surface area contributed by atoms with Crippen LogP contribution in [0.4, 0.5) is 10.5 Å². The summed E-state index contributed by atoms with van der Waals surface area (Å²) in [4.78, 5) is 35.9. The molecule has 3 rings (SSSR count). The third-order valence-electron chi connectivity index (χ3n) is 4.23. The zero-order valence-corrected chi connectivity index (χ0v) is 18.6. The molecule has 1 heterocycles. The van der Waals surface area contributed by atoms with Crippen LogP contribution >= 0.6 is 27.7 Å². The number of hydrogen-bond donors (Lipinski definition) is 0. The van der Waals surface area contributed by atoms with Gasteiger partial charge in [-0.1, -0.05) is 21.9 Å². The Kier molecular flexibility index (Phi) is 6.99. The number of nitro groups is 1. The number of imide groups is 1. The van der Waals surface area contributed by atoms with Gasteiger partial charge in [0.25, 0.3) is 16.8 Å². The molecule has 31 heavy (non-hydrogen) atoms. The smallest absolute Gasteiger partial charge is 0.294 e. The molecule has 1 fully saturated rings. The van der Waals surface area contributed by atoms with E-state index in [1.54, 1.807) is 30.3 Å². The summed E-state index contributed by atoms with van der Waals surface area (Å²) in [6.45, 7) is 0.0903. The van der Waals surface area contributed by atoms with Gasteiger partial charge in [-0.25, -0.2) is 0 Å². The fourth-order valence-corrected chi connectivity index (χ4v) is 3.94. The number of benzene rings is 2. The van der Waals surface area contributed by atoms with Crippen molar-refractivity contribution in [3.63, 3.8) is 0 Å². The van der Waals surface area contributed by atoms with Crippen molar-refractivity contribution in [2.45, 2.75) is 6.61 Å². The maximum atomic E-state index is 12.4. The quantitative estimate of drug-likeness (QED) is 0.235. The summed E-state index contributed by atoms with van der Waals surface area (Å²) in [6.07, 6.45) is 6.79. The first kappa shape index (κ1) is 22.4. The van der Waals surface area contributed by atoms with Crippen LogP contribution in [0.2, 0.25) is 0 Å². The minimum Gasteiger partial charge on any atom is -0.493 e. The van der Waals surface area contributed by atoms with E-state index in [0.29, 0.717) is 21.5 Å². The minimum atomic E-state index is -0.468. The van der Waals surface area contributed by atoms with Crippen LogP contribution in [-0.4, -0.2) is 34.6 Å². The van der Waals surface area contributed by atoms with Crippen LogP contribution in [0.3, 0.4) is 0 Å². The first-order valence-electron chi connectivity index (χ1n) is 8.76. The van der Waals surface area contributed by atoms with Gasteiger partial charge in [-0.2, -0.15) is 0 Å². The van der Waals surface area contributed by atoms with Gasteiger partial charge < -0.3 is 9.47 Å². The van der Waals surface area contributed by atoms with Crippen molar-refractivity contribution < 1.29 is 24.0 Å². The molecule has 1 aliphatic heterocycles. The van der Waals surface area contributed by atoms with Gasteiger partial charge in [-0.3, -0.25) is 24.6 Å². The second-order valence-corrected chi connectivity index (χ2v) is 8.06. The molecular weight excluding hydrogens is 488 g/mol. The average Bonchev–Trinajstić information content (AvgIpc) is 3.01. The van der Waals surface area contributed by atoms with Gasteiger partial charge in [0.1, 0.15) is 6.61 Å². The predicted octanol–water partition coefficient (Wildman–Crippen LogP) is 4.61. The molecule has 158 valence electrons. The van der Waals surface area contributed by atoms with E-state index in [9.17, 15) is 19.7 Å². The summed E-state index contributed by atoms with van der Waals surface area (Å²) in [7, 11) is 1.48. The molecule has 8 nitrogen and oxygen atoms in total. The summed E-state index contributed by atoms with van der Waals surface area (Å²) in [5.74, 6) is 2.70. The Morgan fingerprint density at radius 2 is 1.97 bits per heavy atom. The summed E-state index contributed by atoms with van der Waals surface area (Å²) < 4.78 is 11.8. The van der Waals surface area contributed by atoms with Gasteiger partial charge in [0.2, 0.25) is 0 Å². The number of carbonyl (C=O) groups is 2. The molecule has 0 spiro atoms. The predicted molar refractivity (Wildman–Crippen MR) is 120 cm³/mol. The minimum absolute atomic E-state index is 0.0000796. The molecule has 2 aromatic rings. The second kappa shape index (κ2) is 9.68. The number of nitro benzene ring substituents is 1. The molecule has 0 saturated carbocycles. The van der Waals surface area contributed by atoms with Crippen LogP contribution in [0.15, 0.2) is 45.8 Å². The van der Waals surface area contributed by atoms with Gasteiger partial charge in [0.15, 0.2) is 11.5 Å². The molecule has 0 aliphatic carbocycles. The molecule has 2 amide bonds. The van der Waals surface area contributed by atoms with Crippen LogP contribution in [0.25, 0.3) is 6.08 Å². The van der Waals surface area contributed by atoms with E-state index in [2.05, 4.69) is 21.9 Å². The van der Waals surface area contributed by atoms with E-state index < -0.39 is 16.1 Å². The van der Waals surface area contributed by atoms with Crippen LogP contribution < -0.4 is 9.47 Å². The van der Waals surface area contributed by atoms with Crippen molar-refractivity contribution in [1.29, 1.82) is 0 Å². The lowest BCUT2D eigenvalue weighted by atomic mass is 10.1. The Morgan fingerprint density at radius 3 is 2.58 bits per heavy atom. The van der Waals surface area contributed by atoms with E-state index >= 15 is 0 Å². The number of terminal acetylenes is 1. The maximum absolute atomic E-state index is 12.4. The number of amides is 2. The fourth-order valence-electron chi connectivity index (χ4n) is 2.68. The lowest BCUT2D eigenvalue weighted by molar-refractivity contribution is -0.384. The average molecular weight is 503 g/mol. The highest BCUT2D eigenvalue weighted by atomic mass is 79.9. The Bertz CT molecular complexity index is 1120. The van der Waals surface area contributed by atoms with Crippen molar-refractivity contribution in [1.82, 2.24) is 4.90 Å². The van der Waals surface area contributed by atoms with Crippen LogP contribution in [-0.2, 0) is 11.4 Å². The molecule has 2 aromatic carbocycles. The number of rotatable bonds is 7. The zero-order chi connectivity index (χ0) is 22.5.